The summed E-state index contributed by atoms with van der Waals surface area (Å²) in [7, 11) is 0. The van der Waals surface area contributed by atoms with E-state index in [0.717, 1.165) is 57.4 Å². The van der Waals surface area contributed by atoms with Crippen molar-refractivity contribution < 1.29 is 9.18 Å². The molecule has 0 saturated carbocycles. The molecule has 118 valence electrons. The van der Waals surface area contributed by atoms with Gasteiger partial charge in [0.2, 0.25) is 5.91 Å². The lowest BCUT2D eigenvalue weighted by Crippen LogP contribution is -2.45. The second kappa shape index (κ2) is 7.05. The van der Waals surface area contributed by atoms with Gasteiger partial charge >= 0.3 is 0 Å². The molecule has 0 aliphatic carbocycles. The van der Waals surface area contributed by atoms with Crippen LogP contribution in [0.3, 0.4) is 0 Å². The van der Waals surface area contributed by atoms with Crippen LogP contribution in [0.15, 0.2) is 30.3 Å². The van der Waals surface area contributed by atoms with E-state index in [-0.39, 0.29) is 5.82 Å². The largest absolute Gasteiger partial charge is 0.340 e. The first kappa shape index (κ1) is 15.2. The molecule has 2 fully saturated rings. The first-order chi connectivity index (χ1) is 10.7. The third kappa shape index (κ3) is 3.74. The Morgan fingerprint density at radius 3 is 2.50 bits per heavy atom. The van der Waals surface area contributed by atoms with E-state index in [4.69, 9.17) is 0 Å². The zero-order chi connectivity index (χ0) is 15.4. The Bertz CT molecular complexity index is 533. The normalized spacial score (nSPS) is 21.1. The van der Waals surface area contributed by atoms with Crippen molar-refractivity contribution in [3.8, 4) is 0 Å². The molecule has 22 heavy (non-hydrogen) atoms. The quantitative estimate of drug-likeness (QED) is 0.854. The van der Waals surface area contributed by atoms with Crippen molar-refractivity contribution in [3.05, 3.63) is 41.7 Å². The third-order valence-corrected chi connectivity index (χ3v) is 4.65. The fourth-order valence-electron chi connectivity index (χ4n) is 3.38. The van der Waals surface area contributed by atoms with Gasteiger partial charge in [0.05, 0.1) is 0 Å². The second-order valence-electron chi connectivity index (χ2n) is 6.18. The molecule has 1 amide bonds. The zero-order valence-corrected chi connectivity index (χ0v) is 12.9. The van der Waals surface area contributed by atoms with E-state index in [9.17, 15) is 9.18 Å². The Kier molecular flexibility index (Phi) is 4.88. The molecule has 2 aliphatic heterocycles. The van der Waals surface area contributed by atoms with Crippen LogP contribution in [-0.2, 0) is 4.79 Å². The maximum Gasteiger partial charge on any atom is 0.222 e. The number of carbonyl (C=O) groups is 1. The molecular formula is C18H23FN2O. The molecule has 1 aromatic carbocycles. The van der Waals surface area contributed by atoms with E-state index in [0.29, 0.717) is 11.9 Å². The van der Waals surface area contributed by atoms with Crippen molar-refractivity contribution in [2.75, 3.05) is 26.2 Å². The van der Waals surface area contributed by atoms with Crippen LogP contribution >= 0.6 is 0 Å². The number of piperidine rings is 1. The molecule has 1 aromatic rings. The van der Waals surface area contributed by atoms with Gasteiger partial charge < -0.3 is 4.90 Å². The molecule has 0 atom stereocenters. The highest BCUT2D eigenvalue weighted by Gasteiger charge is 2.30. The Hall–Kier alpha value is -1.68. The lowest BCUT2D eigenvalue weighted by molar-refractivity contribution is -0.130. The molecule has 2 aliphatic rings. The van der Waals surface area contributed by atoms with Crippen LogP contribution in [0.25, 0.3) is 6.08 Å². The van der Waals surface area contributed by atoms with Crippen LogP contribution in [0.1, 0.15) is 31.2 Å². The van der Waals surface area contributed by atoms with Crippen molar-refractivity contribution >= 4 is 12.0 Å². The topological polar surface area (TPSA) is 23.6 Å². The summed E-state index contributed by atoms with van der Waals surface area (Å²) in [5.74, 6) is 0.144. The maximum absolute atomic E-state index is 12.8. The number of rotatable bonds is 4. The number of halogens is 1. The molecule has 0 unspecified atom stereocenters. The van der Waals surface area contributed by atoms with E-state index in [2.05, 4.69) is 15.9 Å². The van der Waals surface area contributed by atoms with Gasteiger partial charge in [-0.2, -0.15) is 0 Å². The average Bonchev–Trinajstić information content (AvgIpc) is 2.96. The highest BCUT2D eigenvalue weighted by Crippen LogP contribution is 2.22. The van der Waals surface area contributed by atoms with Gasteiger partial charge in [-0.3, -0.25) is 9.69 Å². The summed E-state index contributed by atoms with van der Waals surface area (Å²) >= 11 is 0. The number of amides is 1. The fraction of sp³-hybridized carbons (Fsp3) is 0.500. The number of likely N-dealkylation sites (tertiary alicyclic amines) is 2. The van der Waals surface area contributed by atoms with E-state index in [1.165, 1.54) is 12.1 Å². The highest BCUT2D eigenvalue weighted by molar-refractivity contribution is 5.78. The predicted octanol–water partition coefficient (Wildman–Crippen LogP) is 2.93. The Morgan fingerprint density at radius 1 is 1.14 bits per heavy atom. The van der Waals surface area contributed by atoms with Crippen molar-refractivity contribution in [2.24, 2.45) is 0 Å². The van der Waals surface area contributed by atoms with Crippen LogP contribution in [-0.4, -0.2) is 47.9 Å². The minimum atomic E-state index is -0.198. The lowest BCUT2D eigenvalue weighted by Gasteiger charge is -2.36. The molecule has 3 rings (SSSR count). The summed E-state index contributed by atoms with van der Waals surface area (Å²) in [6.45, 7) is 3.95. The Labute approximate surface area is 131 Å². The molecule has 2 heterocycles. The van der Waals surface area contributed by atoms with Crippen molar-refractivity contribution in [1.29, 1.82) is 0 Å². The Morgan fingerprint density at radius 2 is 1.86 bits per heavy atom. The van der Waals surface area contributed by atoms with Gasteiger partial charge in [-0.25, -0.2) is 4.39 Å². The number of hydrogen-bond acceptors (Lipinski definition) is 2. The summed E-state index contributed by atoms with van der Waals surface area (Å²) in [4.78, 5) is 16.3. The minimum Gasteiger partial charge on any atom is -0.340 e. The van der Waals surface area contributed by atoms with Crippen molar-refractivity contribution in [1.82, 2.24) is 9.80 Å². The summed E-state index contributed by atoms with van der Waals surface area (Å²) in [6, 6.07) is 7.00. The zero-order valence-electron chi connectivity index (χ0n) is 12.9. The van der Waals surface area contributed by atoms with Crippen LogP contribution < -0.4 is 0 Å². The van der Waals surface area contributed by atoms with Crippen molar-refractivity contribution in [2.45, 2.75) is 31.7 Å². The SMILES string of the molecule is O=C1CCCN1C1CCN(C/C=C/c2ccc(F)cc2)CC1. The maximum atomic E-state index is 12.8. The summed E-state index contributed by atoms with van der Waals surface area (Å²) in [6.07, 6.45) is 8.09. The fourth-order valence-corrected chi connectivity index (χ4v) is 3.38. The van der Waals surface area contributed by atoms with Gasteiger partial charge in [-0.05, 0) is 37.0 Å². The van der Waals surface area contributed by atoms with E-state index in [1.807, 2.05) is 6.08 Å². The first-order valence-corrected chi connectivity index (χ1v) is 8.16. The van der Waals surface area contributed by atoms with E-state index < -0.39 is 0 Å². The Balaban J connectivity index is 1.44. The number of carbonyl (C=O) groups excluding carboxylic acids is 1. The van der Waals surface area contributed by atoms with Gasteiger partial charge in [0.15, 0.2) is 0 Å². The second-order valence-corrected chi connectivity index (χ2v) is 6.18. The summed E-state index contributed by atoms with van der Waals surface area (Å²) in [5, 5.41) is 0. The molecule has 0 spiro atoms. The van der Waals surface area contributed by atoms with Gasteiger partial charge in [-0.1, -0.05) is 24.3 Å². The van der Waals surface area contributed by atoms with Crippen LogP contribution in [0.4, 0.5) is 4.39 Å². The number of nitrogens with zero attached hydrogens (tertiary/aromatic N) is 2. The van der Waals surface area contributed by atoms with E-state index in [1.54, 1.807) is 12.1 Å². The third-order valence-electron chi connectivity index (χ3n) is 4.65. The summed E-state index contributed by atoms with van der Waals surface area (Å²) in [5.41, 5.74) is 1.03. The molecular weight excluding hydrogens is 279 g/mol. The highest BCUT2D eigenvalue weighted by atomic mass is 19.1. The van der Waals surface area contributed by atoms with Crippen molar-refractivity contribution in [3.63, 3.8) is 0 Å². The van der Waals surface area contributed by atoms with Gasteiger partial charge in [0, 0.05) is 38.6 Å². The molecule has 0 aromatic heterocycles. The van der Waals surface area contributed by atoms with Gasteiger partial charge in [0.1, 0.15) is 5.82 Å². The summed E-state index contributed by atoms with van der Waals surface area (Å²) < 4.78 is 12.8. The van der Waals surface area contributed by atoms with Crippen LogP contribution in [0.2, 0.25) is 0 Å². The molecule has 0 radical (unpaired) electrons. The molecule has 0 N–H and O–H groups in total. The molecule has 0 bridgehead atoms. The number of benzene rings is 1. The molecule has 3 nitrogen and oxygen atoms in total. The van der Waals surface area contributed by atoms with Crippen LogP contribution in [0.5, 0.6) is 0 Å². The lowest BCUT2D eigenvalue weighted by atomic mass is 10.0. The monoisotopic (exact) mass is 302 g/mol. The van der Waals surface area contributed by atoms with Gasteiger partial charge in [-0.15, -0.1) is 0 Å². The standard InChI is InChI=1S/C18H23FN2O/c19-16-7-5-15(6-8-16)3-1-11-20-13-9-17(10-14-20)21-12-2-4-18(21)22/h1,3,5-8,17H,2,4,9-14H2/b3-1+. The first-order valence-electron chi connectivity index (χ1n) is 8.16. The average molecular weight is 302 g/mol. The smallest absolute Gasteiger partial charge is 0.222 e. The molecule has 2 saturated heterocycles. The van der Waals surface area contributed by atoms with Crippen LogP contribution in [0, 0.1) is 5.82 Å². The van der Waals surface area contributed by atoms with Gasteiger partial charge in [0.25, 0.3) is 0 Å². The molecule has 4 heteroatoms. The number of hydrogen-bond donors (Lipinski definition) is 0. The predicted molar refractivity (Wildman–Crippen MR) is 85.8 cm³/mol. The van der Waals surface area contributed by atoms with E-state index >= 15 is 0 Å². The minimum absolute atomic E-state index is 0.198.